The molecule has 0 fully saturated rings. The van der Waals surface area contributed by atoms with Gasteiger partial charge in [-0.3, -0.25) is 9.59 Å². The van der Waals surface area contributed by atoms with Crippen LogP contribution in [-0.2, 0) is 11.8 Å². The molecule has 32 heavy (non-hydrogen) atoms. The zero-order valence-electron chi connectivity index (χ0n) is 17.9. The van der Waals surface area contributed by atoms with Crippen molar-refractivity contribution in [2.75, 3.05) is 6.61 Å². The van der Waals surface area contributed by atoms with Crippen molar-refractivity contribution in [2.24, 2.45) is 7.05 Å². The van der Waals surface area contributed by atoms with E-state index in [0.29, 0.717) is 5.56 Å². The minimum absolute atomic E-state index is 0.0129. The first-order chi connectivity index (χ1) is 15.2. The molecule has 4 aromatic rings. The molecule has 0 atom stereocenters. The number of carbonyl (C=O) groups excluding carboxylic acids is 2. The number of Topliss-reactive ketones (excluding diaryl/α,β-unsaturated/α-hetero) is 1. The Balaban J connectivity index is 1.59. The smallest absolute Gasteiger partial charge is 0.343 e. The minimum atomic E-state index is -0.805. The number of esters is 1. The number of aryl methyl sites for hydroxylation is 3. The third kappa shape index (κ3) is 3.69. The summed E-state index contributed by atoms with van der Waals surface area (Å²) in [6, 6.07) is 9.51. The molecule has 3 heterocycles. The van der Waals surface area contributed by atoms with Gasteiger partial charge in [0, 0.05) is 34.2 Å². The van der Waals surface area contributed by atoms with E-state index in [4.69, 9.17) is 9.15 Å². The second kappa shape index (κ2) is 8.23. The molecule has 3 aromatic heterocycles. The van der Waals surface area contributed by atoms with E-state index in [1.165, 1.54) is 17.9 Å². The molecule has 0 saturated heterocycles. The Morgan fingerprint density at radius 2 is 1.94 bits per heavy atom. The lowest BCUT2D eigenvalue weighted by Crippen LogP contribution is -2.20. The van der Waals surface area contributed by atoms with Gasteiger partial charge in [-0.15, -0.1) is 0 Å². The summed E-state index contributed by atoms with van der Waals surface area (Å²) in [6.45, 7) is 4.83. The maximum absolute atomic E-state index is 12.9. The Kier molecular flexibility index (Phi) is 5.60. The molecule has 0 spiro atoms. The number of halogens is 1. The lowest BCUT2D eigenvalue weighted by Gasteiger charge is -2.10. The maximum Gasteiger partial charge on any atom is 0.343 e. The van der Waals surface area contributed by atoms with Crippen LogP contribution in [0.4, 0.5) is 0 Å². The third-order valence-corrected chi connectivity index (χ3v) is 5.78. The standard InChI is InChI=1S/C23H20BrN3O5/c1-12-8-17(13(2)27(12)16-7-5-6-15(24)9-16)18(28)10-31-23(30)19-14(3)32-21-20(19)22(29)26(4)11-25-21/h5-9,11H,10H2,1-4H3. The minimum Gasteiger partial charge on any atom is -0.454 e. The normalized spacial score (nSPS) is 11.2. The van der Waals surface area contributed by atoms with Crippen molar-refractivity contribution >= 4 is 38.8 Å². The van der Waals surface area contributed by atoms with Gasteiger partial charge >= 0.3 is 5.97 Å². The summed E-state index contributed by atoms with van der Waals surface area (Å²) in [4.78, 5) is 42.1. The summed E-state index contributed by atoms with van der Waals surface area (Å²) < 4.78 is 14.8. The molecule has 0 N–H and O–H groups in total. The maximum atomic E-state index is 12.9. The van der Waals surface area contributed by atoms with Crippen LogP contribution in [0.5, 0.6) is 0 Å². The van der Waals surface area contributed by atoms with E-state index in [-0.39, 0.29) is 28.2 Å². The number of rotatable bonds is 5. The Morgan fingerprint density at radius 1 is 1.19 bits per heavy atom. The zero-order valence-corrected chi connectivity index (χ0v) is 19.5. The van der Waals surface area contributed by atoms with E-state index in [2.05, 4.69) is 20.9 Å². The van der Waals surface area contributed by atoms with E-state index in [0.717, 1.165) is 21.5 Å². The second-order valence-electron chi connectivity index (χ2n) is 7.47. The molecule has 0 aliphatic rings. The number of hydrogen-bond donors (Lipinski definition) is 0. The van der Waals surface area contributed by atoms with E-state index in [9.17, 15) is 14.4 Å². The van der Waals surface area contributed by atoms with E-state index in [1.807, 2.05) is 42.7 Å². The van der Waals surface area contributed by atoms with Crippen LogP contribution < -0.4 is 5.56 Å². The van der Waals surface area contributed by atoms with E-state index in [1.54, 1.807) is 13.0 Å². The number of nitrogens with zero attached hydrogens (tertiary/aromatic N) is 3. The Hall–Kier alpha value is -3.46. The fourth-order valence-electron chi connectivity index (χ4n) is 3.77. The van der Waals surface area contributed by atoms with Crippen LogP contribution in [0.15, 0.2) is 50.3 Å². The van der Waals surface area contributed by atoms with Gasteiger partial charge < -0.3 is 18.3 Å². The van der Waals surface area contributed by atoms with Crippen molar-refractivity contribution in [1.29, 1.82) is 0 Å². The van der Waals surface area contributed by atoms with Crippen molar-refractivity contribution < 1.29 is 18.7 Å². The first-order valence-corrected chi connectivity index (χ1v) is 10.6. The second-order valence-corrected chi connectivity index (χ2v) is 8.39. The lowest BCUT2D eigenvalue weighted by molar-refractivity contribution is 0.0474. The topological polar surface area (TPSA) is 96.3 Å². The molecular formula is C23H20BrN3O5. The largest absolute Gasteiger partial charge is 0.454 e. The zero-order chi connectivity index (χ0) is 23.2. The predicted molar refractivity (Wildman–Crippen MR) is 122 cm³/mol. The number of benzene rings is 1. The molecule has 0 unspecified atom stereocenters. The van der Waals surface area contributed by atoms with Crippen LogP contribution in [0.2, 0.25) is 0 Å². The van der Waals surface area contributed by atoms with Gasteiger partial charge in [-0.1, -0.05) is 22.0 Å². The van der Waals surface area contributed by atoms with Crippen molar-refractivity contribution in [2.45, 2.75) is 20.8 Å². The molecule has 0 aliphatic heterocycles. The van der Waals surface area contributed by atoms with Gasteiger partial charge in [0.1, 0.15) is 23.0 Å². The summed E-state index contributed by atoms with van der Waals surface area (Å²) in [6.07, 6.45) is 1.31. The van der Waals surface area contributed by atoms with Crippen molar-refractivity contribution in [3.63, 3.8) is 0 Å². The average molecular weight is 498 g/mol. The van der Waals surface area contributed by atoms with Crippen LogP contribution in [0.25, 0.3) is 16.8 Å². The average Bonchev–Trinajstić information content (AvgIpc) is 3.24. The summed E-state index contributed by atoms with van der Waals surface area (Å²) in [5, 5.41) is 0.0396. The fraction of sp³-hybridized carbons (Fsp3) is 0.217. The van der Waals surface area contributed by atoms with E-state index < -0.39 is 18.1 Å². The van der Waals surface area contributed by atoms with Crippen LogP contribution in [0, 0.1) is 20.8 Å². The molecule has 0 aliphatic carbocycles. The Bertz CT molecular complexity index is 1440. The van der Waals surface area contributed by atoms with Crippen LogP contribution in [0.1, 0.15) is 37.9 Å². The highest BCUT2D eigenvalue weighted by Crippen LogP contribution is 2.25. The highest BCUT2D eigenvalue weighted by molar-refractivity contribution is 9.10. The summed E-state index contributed by atoms with van der Waals surface area (Å²) in [7, 11) is 1.52. The number of ether oxygens (including phenoxy) is 1. The molecule has 0 bridgehead atoms. The van der Waals surface area contributed by atoms with Gasteiger partial charge in [-0.25, -0.2) is 9.78 Å². The quantitative estimate of drug-likeness (QED) is 0.305. The highest BCUT2D eigenvalue weighted by atomic mass is 79.9. The first-order valence-electron chi connectivity index (χ1n) is 9.79. The van der Waals surface area contributed by atoms with Gasteiger partial charge in [0.25, 0.3) is 5.56 Å². The molecule has 0 saturated carbocycles. The highest BCUT2D eigenvalue weighted by Gasteiger charge is 2.25. The molecular weight excluding hydrogens is 478 g/mol. The van der Waals surface area contributed by atoms with Crippen molar-refractivity contribution in [3.05, 3.63) is 79.8 Å². The SMILES string of the molecule is Cc1oc2ncn(C)c(=O)c2c1C(=O)OCC(=O)c1cc(C)n(-c2cccc(Br)c2)c1C. The summed E-state index contributed by atoms with van der Waals surface area (Å²) >= 11 is 3.46. The summed E-state index contributed by atoms with van der Waals surface area (Å²) in [5.74, 6) is -0.939. The van der Waals surface area contributed by atoms with Gasteiger partial charge in [-0.2, -0.15) is 0 Å². The molecule has 4 rings (SSSR count). The monoisotopic (exact) mass is 497 g/mol. The van der Waals surface area contributed by atoms with E-state index >= 15 is 0 Å². The number of fused-ring (bicyclic) bond motifs is 1. The van der Waals surface area contributed by atoms with Crippen molar-refractivity contribution in [3.8, 4) is 5.69 Å². The van der Waals surface area contributed by atoms with Gasteiger partial charge in [0.15, 0.2) is 6.61 Å². The van der Waals surface area contributed by atoms with Gasteiger partial charge in [-0.05, 0) is 45.0 Å². The van der Waals surface area contributed by atoms with Gasteiger partial charge in [0.2, 0.25) is 11.5 Å². The van der Waals surface area contributed by atoms with Crippen LogP contribution >= 0.6 is 15.9 Å². The molecule has 0 radical (unpaired) electrons. The fourth-order valence-corrected chi connectivity index (χ4v) is 4.16. The molecule has 0 amide bonds. The number of furan rings is 1. The number of hydrogen-bond acceptors (Lipinski definition) is 6. The van der Waals surface area contributed by atoms with Crippen LogP contribution in [-0.4, -0.2) is 32.5 Å². The summed E-state index contributed by atoms with van der Waals surface area (Å²) in [5.41, 5.74) is 2.60. The van der Waals surface area contributed by atoms with Gasteiger partial charge in [0.05, 0.1) is 0 Å². The van der Waals surface area contributed by atoms with Crippen molar-refractivity contribution in [1.82, 2.24) is 14.1 Å². The number of aromatic nitrogens is 3. The third-order valence-electron chi connectivity index (χ3n) is 5.28. The number of carbonyl (C=O) groups is 2. The lowest BCUT2D eigenvalue weighted by atomic mass is 10.1. The Labute approximate surface area is 191 Å². The molecule has 164 valence electrons. The molecule has 8 nitrogen and oxygen atoms in total. The Morgan fingerprint density at radius 3 is 2.66 bits per heavy atom. The predicted octanol–water partition coefficient (Wildman–Crippen LogP) is 4.04. The first kappa shape index (κ1) is 21.8. The number of ketones is 1. The molecule has 9 heteroatoms. The molecule has 1 aromatic carbocycles. The van der Waals surface area contributed by atoms with Crippen LogP contribution in [0.3, 0.4) is 0 Å².